The predicted octanol–water partition coefficient (Wildman–Crippen LogP) is 1.31. The third-order valence-electron chi connectivity index (χ3n) is 2.72. The van der Waals surface area contributed by atoms with E-state index in [9.17, 15) is 5.11 Å². The van der Waals surface area contributed by atoms with Gasteiger partial charge in [-0.2, -0.15) is 5.10 Å². The number of hydrogen-bond donors (Lipinski definition) is 2. The molecule has 2 unspecified atom stereocenters. The van der Waals surface area contributed by atoms with E-state index in [2.05, 4.69) is 12.0 Å². The second-order valence-corrected chi connectivity index (χ2v) is 3.89. The van der Waals surface area contributed by atoms with Crippen LogP contribution in [0, 0.1) is 5.92 Å². The van der Waals surface area contributed by atoms with Crippen LogP contribution in [0.4, 0.5) is 0 Å². The lowest BCUT2D eigenvalue weighted by Crippen LogP contribution is -2.20. The van der Waals surface area contributed by atoms with Crippen molar-refractivity contribution in [2.75, 3.05) is 6.54 Å². The van der Waals surface area contributed by atoms with Crippen LogP contribution in [0.2, 0.25) is 0 Å². The Morgan fingerprint density at radius 2 is 2.27 bits per heavy atom. The standard InChI is InChI=1S/C11H21N3O/c1-3-5-14-8-10(7-13-14)11(15)9(4-2)6-12/h7-9,11,15H,3-6,12H2,1-2H3. The maximum atomic E-state index is 10.0. The van der Waals surface area contributed by atoms with Crippen LogP contribution in [-0.2, 0) is 6.54 Å². The molecule has 1 aromatic heterocycles. The molecular weight excluding hydrogens is 190 g/mol. The number of aliphatic hydroxyl groups is 1. The van der Waals surface area contributed by atoms with Crippen molar-refractivity contribution in [2.45, 2.75) is 39.3 Å². The summed E-state index contributed by atoms with van der Waals surface area (Å²) in [5.41, 5.74) is 6.48. The zero-order valence-corrected chi connectivity index (χ0v) is 9.56. The molecule has 0 spiro atoms. The SMILES string of the molecule is CCCn1cc(C(O)C(CC)CN)cn1. The minimum atomic E-state index is -0.481. The van der Waals surface area contributed by atoms with Crippen molar-refractivity contribution in [3.8, 4) is 0 Å². The quantitative estimate of drug-likeness (QED) is 0.745. The van der Waals surface area contributed by atoms with Gasteiger partial charge in [-0.05, 0) is 19.4 Å². The first-order valence-corrected chi connectivity index (χ1v) is 5.63. The number of nitrogens with two attached hydrogens (primary N) is 1. The van der Waals surface area contributed by atoms with E-state index in [4.69, 9.17) is 5.73 Å². The molecule has 0 aliphatic heterocycles. The number of rotatable bonds is 6. The summed E-state index contributed by atoms with van der Waals surface area (Å²) in [6, 6.07) is 0. The lowest BCUT2D eigenvalue weighted by molar-refractivity contribution is 0.110. The van der Waals surface area contributed by atoms with Gasteiger partial charge in [0.05, 0.1) is 12.3 Å². The summed E-state index contributed by atoms with van der Waals surface area (Å²) < 4.78 is 1.86. The lowest BCUT2D eigenvalue weighted by atomic mass is 9.96. The van der Waals surface area contributed by atoms with Crippen molar-refractivity contribution in [2.24, 2.45) is 11.7 Å². The maximum absolute atomic E-state index is 10.0. The Morgan fingerprint density at radius 3 is 2.80 bits per heavy atom. The van der Waals surface area contributed by atoms with Crippen LogP contribution < -0.4 is 5.73 Å². The summed E-state index contributed by atoms with van der Waals surface area (Å²) >= 11 is 0. The number of aliphatic hydroxyl groups excluding tert-OH is 1. The molecule has 2 atom stereocenters. The Bertz CT molecular complexity index is 281. The van der Waals surface area contributed by atoms with E-state index >= 15 is 0 Å². The van der Waals surface area contributed by atoms with Gasteiger partial charge in [0.15, 0.2) is 0 Å². The van der Waals surface area contributed by atoms with E-state index in [-0.39, 0.29) is 5.92 Å². The monoisotopic (exact) mass is 211 g/mol. The average Bonchev–Trinajstić information content (AvgIpc) is 2.68. The van der Waals surface area contributed by atoms with Gasteiger partial charge in [0.2, 0.25) is 0 Å². The summed E-state index contributed by atoms with van der Waals surface area (Å²) in [7, 11) is 0. The van der Waals surface area contributed by atoms with E-state index in [1.54, 1.807) is 6.20 Å². The first-order chi connectivity index (χ1) is 7.22. The molecule has 0 aromatic carbocycles. The summed E-state index contributed by atoms with van der Waals surface area (Å²) in [6.07, 6.45) is 5.10. The van der Waals surface area contributed by atoms with E-state index < -0.39 is 6.10 Å². The van der Waals surface area contributed by atoms with Crippen molar-refractivity contribution >= 4 is 0 Å². The number of aryl methyl sites for hydroxylation is 1. The van der Waals surface area contributed by atoms with Crippen molar-refractivity contribution in [3.05, 3.63) is 18.0 Å². The van der Waals surface area contributed by atoms with Gasteiger partial charge >= 0.3 is 0 Å². The fraction of sp³-hybridized carbons (Fsp3) is 0.727. The molecule has 15 heavy (non-hydrogen) atoms. The van der Waals surface area contributed by atoms with E-state index in [1.165, 1.54) is 0 Å². The third kappa shape index (κ3) is 3.04. The van der Waals surface area contributed by atoms with Crippen LogP contribution >= 0.6 is 0 Å². The van der Waals surface area contributed by atoms with E-state index in [0.29, 0.717) is 6.54 Å². The first-order valence-electron chi connectivity index (χ1n) is 5.63. The van der Waals surface area contributed by atoms with Gasteiger partial charge in [0.1, 0.15) is 0 Å². The Labute approximate surface area is 91.1 Å². The molecule has 86 valence electrons. The smallest absolute Gasteiger partial charge is 0.0860 e. The third-order valence-corrected chi connectivity index (χ3v) is 2.72. The zero-order chi connectivity index (χ0) is 11.3. The predicted molar refractivity (Wildman–Crippen MR) is 60.3 cm³/mol. The van der Waals surface area contributed by atoms with Crippen molar-refractivity contribution < 1.29 is 5.11 Å². The van der Waals surface area contributed by atoms with Crippen LogP contribution in [0.25, 0.3) is 0 Å². The Morgan fingerprint density at radius 1 is 1.53 bits per heavy atom. The van der Waals surface area contributed by atoms with Crippen molar-refractivity contribution in [1.29, 1.82) is 0 Å². The van der Waals surface area contributed by atoms with Crippen LogP contribution in [0.15, 0.2) is 12.4 Å². The van der Waals surface area contributed by atoms with Gasteiger partial charge in [0.25, 0.3) is 0 Å². The summed E-state index contributed by atoms with van der Waals surface area (Å²) in [5, 5.41) is 14.2. The molecule has 4 nitrogen and oxygen atoms in total. The molecule has 0 saturated heterocycles. The van der Waals surface area contributed by atoms with Crippen LogP contribution in [-0.4, -0.2) is 21.4 Å². The van der Waals surface area contributed by atoms with E-state index in [1.807, 2.05) is 17.8 Å². The molecule has 0 amide bonds. The summed E-state index contributed by atoms with van der Waals surface area (Å²) in [6.45, 7) is 5.55. The van der Waals surface area contributed by atoms with E-state index in [0.717, 1.165) is 24.9 Å². The molecular formula is C11H21N3O. The molecule has 0 aliphatic carbocycles. The Hall–Kier alpha value is -0.870. The highest BCUT2D eigenvalue weighted by Gasteiger charge is 2.19. The summed E-state index contributed by atoms with van der Waals surface area (Å²) in [5.74, 6) is 0.129. The maximum Gasteiger partial charge on any atom is 0.0860 e. The number of hydrogen-bond acceptors (Lipinski definition) is 3. The Kier molecular flexibility index (Phi) is 4.78. The fourth-order valence-corrected chi connectivity index (χ4v) is 1.67. The second kappa shape index (κ2) is 5.88. The minimum Gasteiger partial charge on any atom is -0.388 e. The molecule has 1 rings (SSSR count). The average molecular weight is 211 g/mol. The first kappa shape index (κ1) is 12.2. The normalized spacial score (nSPS) is 15.2. The molecule has 1 heterocycles. The van der Waals surface area contributed by atoms with Gasteiger partial charge in [-0.3, -0.25) is 4.68 Å². The molecule has 0 bridgehead atoms. The fourth-order valence-electron chi connectivity index (χ4n) is 1.67. The lowest BCUT2D eigenvalue weighted by Gasteiger charge is -2.18. The highest BCUT2D eigenvalue weighted by molar-refractivity contribution is 5.09. The Balaban J connectivity index is 2.68. The molecule has 0 aliphatic rings. The van der Waals surface area contributed by atoms with Crippen molar-refractivity contribution in [1.82, 2.24) is 9.78 Å². The zero-order valence-electron chi connectivity index (χ0n) is 9.56. The van der Waals surface area contributed by atoms with Gasteiger partial charge in [0, 0.05) is 24.2 Å². The van der Waals surface area contributed by atoms with Gasteiger partial charge in [-0.25, -0.2) is 0 Å². The molecule has 4 heteroatoms. The number of aromatic nitrogens is 2. The van der Waals surface area contributed by atoms with Gasteiger partial charge < -0.3 is 10.8 Å². The highest BCUT2D eigenvalue weighted by atomic mass is 16.3. The van der Waals surface area contributed by atoms with Gasteiger partial charge in [-0.1, -0.05) is 13.8 Å². The second-order valence-electron chi connectivity index (χ2n) is 3.89. The molecule has 1 aromatic rings. The van der Waals surface area contributed by atoms with Crippen LogP contribution in [0.1, 0.15) is 38.4 Å². The summed E-state index contributed by atoms with van der Waals surface area (Å²) in [4.78, 5) is 0. The molecule has 0 saturated carbocycles. The van der Waals surface area contributed by atoms with Gasteiger partial charge in [-0.15, -0.1) is 0 Å². The largest absolute Gasteiger partial charge is 0.388 e. The highest BCUT2D eigenvalue weighted by Crippen LogP contribution is 2.23. The number of nitrogens with zero attached hydrogens (tertiary/aromatic N) is 2. The molecule has 0 radical (unpaired) electrons. The van der Waals surface area contributed by atoms with Crippen LogP contribution in [0.3, 0.4) is 0 Å². The minimum absolute atomic E-state index is 0.129. The van der Waals surface area contributed by atoms with Crippen molar-refractivity contribution in [3.63, 3.8) is 0 Å². The van der Waals surface area contributed by atoms with Crippen LogP contribution in [0.5, 0.6) is 0 Å². The molecule has 0 fully saturated rings. The molecule has 3 N–H and O–H groups in total. The topological polar surface area (TPSA) is 64.1 Å².